The number of carbonyl (C=O) groups is 1. The molecule has 0 spiro atoms. The molecule has 0 amide bonds. The van der Waals surface area contributed by atoms with Crippen LogP contribution in [-0.2, 0) is 16.1 Å². The predicted octanol–water partition coefficient (Wildman–Crippen LogP) is 2.38. The van der Waals surface area contributed by atoms with Crippen molar-refractivity contribution in [3.8, 4) is 0 Å². The number of nitrogens with zero attached hydrogens (tertiary/aromatic N) is 3. The van der Waals surface area contributed by atoms with Crippen molar-refractivity contribution in [1.82, 2.24) is 14.5 Å². The third-order valence-corrected chi connectivity index (χ3v) is 4.07. The van der Waals surface area contributed by atoms with E-state index >= 15 is 0 Å². The molecule has 2 rings (SSSR count). The summed E-state index contributed by atoms with van der Waals surface area (Å²) in [6, 6.07) is 0.876. The minimum absolute atomic E-state index is 0.160. The van der Waals surface area contributed by atoms with E-state index in [1.54, 1.807) is 0 Å². The van der Waals surface area contributed by atoms with E-state index in [2.05, 4.69) is 28.3 Å². The highest BCUT2D eigenvalue weighted by atomic mass is 16.5. The third kappa shape index (κ3) is 3.60. The number of hydrogen-bond donors (Lipinski definition) is 0. The largest absolute Gasteiger partial charge is 0.468 e. The summed E-state index contributed by atoms with van der Waals surface area (Å²) >= 11 is 0. The molecule has 1 aliphatic carbocycles. The van der Waals surface area contributed by atoms with Crippen LogP contribution in [0.4, 0.5) is 0 Å². The lowest BCUT2D eigenvalue weighted by Gasteiger charge is -2.28. The van der Waals surface area contributed by atoms with Crippen LogP contribution >= 0.6 is 0 Å². The van der Waals surface area contributed by atoms with E-state index in [4.69, 9.17) is 4.74 Å². The molecule has 1 fully saturated rings. The normalized spacial score (nSPS) is 16.2. The van der Waals surface area contributed by atoms with Gasteiger partial charge in [-0.15, -0.1) is 0 Å². The Morgan fingerprint density at radius 2 is 2.20 bits per heavy atom. The second-order valence-corrected chi connectivity index (χ2v) is 5.81. The highest BCUT2D eigenvalue weighted by Gasteiger charge is 2.25. The lowest BCUT2D eigenvalue weighted by molar-refractivity contribution is -0.142. The minimum atomic E-state index is -0.160. The topological polar surface area (TPSA) is 47.4 Å². The maximum absolute atomic E-state index is 11.6. The van der Waals surface area contributed by atoms with Gasteiger partial charge in [-0.3, -0.25) is 9.69 Å². The van der Waals surface area contributed by atoms with Gasteiger partial charge in [0.2, 0.25) is 0 Å². The van der Waals surface area contributed by atoms with Crippen LogP contribution in [-0.4, -0.2) is 40.1 Å². The first-order valence-electron chi connectivity index (χ1n) is 7.43. The number of imidazole rings is 1. The molecule has 0 radical (unpaired) electrons. The molecule has 20 heavy (non-hydrogen) atoms. The average molecular weight is 279 g/mol. The summed E-state index contributed by atoms with van der Waals surface area (Å²) in [5.41, 5.74) is 1.16. The van der Waals surface area contributed by atoms with E-state index in [9.17, 15) is 4.79 Å². The van der Waals surface area contributed by atoms with Gasteiger partial charge >= 0.3 is 5.97 Å². The van der Waals surface area contributed by atoms with E-state index in [0.29, 0.717) is 18.6 Å². The van der Waals surface area contributed by atoms with Crippen LogP contribution in [0.25, 0.3) is 0 Å². The SMILES string of the molecule is COC(=O)CN(Cc1cncn1C(C)C)C1CCCC1. The van der Waals surface area contributed by atoms with Gasteiger partial charge in [-0.25, -0.2) is 4.98 Å². The number of hydrogen-bond acceptors (Lipinski definition) is 4. The zero-order valence-electron chi connectivity index (χ0n) is 12.7. The molecular formula is C15H25N3O2. The number of aromatic nitrogens is 2. The molecular weight excluding hydrogens is 254 g/mol. The summed E-state index contributed by atoms with van der Waals surface area (Å²) in [5, 5.41) is 0. The second-order valence-electron chi connectivity index (χ2n) is 5.81. The average Bonchev–Trinajstić information content (AvgIpc) is 3.08. The van der Waals surface area contributed by atoms with Crippen molar-refractivity contribution in [2.75, 3.05) is 13.7 Å². The fourth-order valence-electron chi connectivity index (χ4n) is 2.94. The fourth-order valence-corrected chi connectivity index (χ4v) is 2.94. The van der Waals surface area contributed by atoms with E-state index in [-0.39, 0.29) is 5.97 Å². The zero-order valence-corrected chi connectivity index (χ0v) is 12.7. The van der Waals surface area contributed by atoms with Crippen LogP contribution in [0.15, 0.2) is 12.5 Å². The van der Waals surface area contributed by atoms with Crippen LogP contribution < -0.4 is 0 Å². The van der Waals surface area contributed by atoms with E-state index < -0.39 is 0 Å². The maximum Gasteiger partial charge on any atom is 0.319 e. The molecule has 0 aliphatic heterocycles. The third-order valence-electron chi connectivity index (χ3n) is 4.07. The number of ether oxygens (including phenoxy) is 1. The van der Waals surface area contributed by atoms with E-state index in [1.807, 2.05) is 12.5 Å². The Morgan fingerprint density at radius 3 is 2.80 bits per heavy atom. The van der Waals surface area contributed by atoms with Gasteiger partial charge in [0.25, 0.3) is 0 Å². The summed E-state index contributed by atoms with van der Waals surface area (Å²) in [5.74, 6) is -0.160. The molecule has 0 saturated heterocycles. The molecule has 0 N–H and O–H groups in total. The molecule has 1 saturated carbocycles. The van der Waals surface area contributed by atoms with Gasteiger partial charge < -0.3 is 9.30 Å². The predicted molar refractivity (Wildman–Crippen MR) is 77.3 cm³/mol. The van der Waals surface area contributed by atoms with Gasteiger partial charge in [-0.05, 0) is 26.7 Å². The van der Waals surface area contributed by atoms with Crippen LogP contribution in [0.5, 0.6) is 0 Å². The molecule has 0 bridgehead atoms. The van der Waals surface area contributed by atoms with Crippen molar-refractivity contribution in [1.29, 1.82) is 0 Å². The molecule has 0 aromatic carbocycles. The number of carbonyl (C=O) groups excluding carboxylic acids is 1. The first-order chi connectivity index (χ1) is 9.61. The monoisotopic (exact) mass is 279 g/mol. The molecule has 1 heterocycles. The number of esters is 1. The van der Waals surface area contributed by atoms with Crippen molar-refractivity contribution in [3.63, 3.8) is 0 Å². The van der Waals surface area contributed by atoms with Gasteiger partial charge in [0, 0.05) is 24.8 Å². The van der Waals surface area contributed by atoms with Crippen molar-refractivity contribution in [2.45, 2.75) is 58.2 Å². The number of rotatable bonds is 6. The Kier molecular flexibility index (Phi) is 5.17. The molecule has 5 nitrogen and oxygen atoms in total. The van der Waals surface area contributed by atoms with Gasteiger partial charge in [-0.2, -0.15) is 0 Å². The maximum atomic E-state index is 11.6. The minimum Gasteiger partial charge on any atom is -0.468 e. The van der Waals surface area contributed by atoms with Crippen molar-refractivity contribution in [2.24, 2.45) is 0 Å². The van der Waals surface area contributed by atoms with Crippen LogP contribution in [0, 0.1) is 0 Å². The van der Waals surface area contributed by atoms with Crippen LogP contribution in [0.2, 0.25) is 0 Å². The highest BCUT2D eigenvalue weighted by molar-refractivity contribution is 5.71. The molecule has 1 aromatic heterocycles. The lowest BCUT2D eigenvalue weighted by Crippen LogP contribution is -2.38. The Hall–Kier alpha value is -1.36. The van der Waals surface area contributed by atoms with Crippen LogP contribution in [0.1, 0.15) is 51.3 Å². The summed E-state index contributed by atoms with van der Waals surface area (Å²) in [6.07, 6.45) is 8.63. The molecule has 112 valence electrons. The first-order valence-corrected chi connectivity index (χ1v) is 7.43. The lowest BCUT2D eigenvalue weighted by atomic mass is 10.2. The Bertz CT molecular complexity index is 436. The van der Waals surface area contributed by atoms with Crippen molar-refractivity contribution >= 4 is 5.97 Å². The molecule has 0 unspecified atom stereocenters. The van der Waals surface area contributed by atoms with Crippen molar-refractivity contribution < 1.29 is 9.53 Å². The van der Waals surface area contributed by atoms with Gasteiger partial charge in [0.15, 0.2) is 0 Å². The van der Waals surface area contributed by atoms with Gasteiger partial charge in [0.05, 0.1) is 25.7 Å². The summed E-state index contributed by atoms with van der Waals surface area (Å²) in [6.45, 7) is 5.42. The highest BCUT2D eigenvalue weighted by Crippen LogP contribution is 2.25. The fraction of sp³-hybridized carbons (Fsp3) is 0.733. The second kappa shape index (κ2) is 6.88. The summed E-state index contributed by atoms with van der Waals surface area (Å²) in [7, 11) is 1.45. The Labute approximate surface area is 120 Å². The molecule has 1 aromatic rings. The Morgan fingerprint density at radius 1 is 1.50 bits per heavy atom. The van der Waals surface area contributed by atoms with Crippen molar-refractivity contribution in [3.05, 3.63) is 18.2 Å². The Balaban J connectivity index is 2.09. The summed E-state index contributed by atoms with van der Waals surface area (Å²) in [4.78, 5) is 18.1. The molecule has 0 atom stereocenters. The quantitative estimate of drug-likeness (QED) is 0.750. The van der Waals surface area contributed by atoms with E-state index in [1.165, 1.54) is 32.8 Å². The smallest absolute Gasteiger partial charge is 0.319 e. The summed E-state index contributed by atoms with van der Waals surface area (Å²) < 4.78 is 7.00. The molecule has 1 aliphatic rings. The van der Waals surface area contributed by atoms with Gasteiger partial charge in [0.1, 0.15) is 0 Å². The zero-order chi connectivity index (χ0) is 14.5. The van der Waals surface area contributed by atoms with Gasteiger partial charge in [-0.1, -0.05) is 12.8 Å². The molecule has 5 heteroatoms. The standard InChI is InChI=1S/C15H25N3O2/c1-12(2)18-11-16-8-14(18)9-17(10-15(19)20-3)13-6-4-5-7-13/h8,11-13H,4-7,9-10H2,1-3H3. The first kappa shape index (κ1) is 15.0. The van der Waals surface area contributed by atoms with E-state index in [0.717, 1.165) is 12.2 Å². The van der Waals surface area contributed by atoms with Crippen LogP contribution in [0.3, 0.4) is 0 Å². The number of methoxy groups -OCH3 is 1.